The molecule has 0 saturated heterocycles. The van der Waals surface area contributed by atoms with Crippen LogP contribution in [0.15, 0.2) is 18.2 Å². The maximum absolute atomic E-state index is 13.3. The summed E-state index contributed by atoms with van der Waals surface area (Å²) < 4.78 is 13.3. The largest absolute Gasteiger partial charge is 0.349 e. The van der Waals surface area contributed by atoms with Gasteiger partial charge < -0.3 is 16.4 Å². The fourth-order valence-electron chi connectivity index (χ4n) is 3.08. The first kappa shape index (κ1) is 17.7. The van der Waals surface area contributed by atoms with E-state index in [4.69, 9.17) is 5.73 Å². The molecule has 23 heavy (non-hydrogen) atoms. The topological polar surface area (TPSA) is 84.2 Å². The van der Waals surface area contributed by atoms with Gasteiger partial charge in [-0.15, -0.1) is 12.4 Å². The van der Waals surface area contributed by atoms with E-state index in [2.05, 4.69) is 10.6 Å². The molecule has 5 nitrogen and oxygen atoms in total. The number of hydrogen-bond acceptors (Lipinski definition) is 3. The normalized spacial score (nSPS) is 22.2. The van der Waals surface area contributed by atoms with Gasteiger partial charge in [-0.3, -0.25) is 9.59 Å². The molecule has 7 heteroatoms. The maximum Gasteiger partial charge on any atom is 0.228 e. The number of rotatable bonds is 4. The molecule has 1 heterocycles. The monoisotopic (exact) mass is 341 g/mol. The number of benzene rings is 1. The minimum atomic E-state index is -0.603. The van der Waals surface area contributed by atoms with Crippen molar-refractivity contribution in [1.29, 1.82) is 0 Å². The zero-order valence-corrected chi connectivity index (χ0v) is 13.7. The van der Waals surface area contributed by atoms with Crippen molar-refractivity contribution in [3.05, 3.63) is 29.6 Å². The molecule has 2 amide bonds. The van der Waals surface area contributed by atoms with Gasteiger partial charge in [0.1, 0.15) is 5.82 Å². The zero-order valence-electron chi connectivity index (χ0n) is 12.9. The standard InChI is InChI=1S/C16H20FN3O2.ClH/c1-16(8-18,9-2-3-9)20-15(22)12-7-14(21)19-13-6-10(17)4-5-11(12)13;/h4-6,9,12H,2-3,7-8,18H2,1H3,(H,19,21)(H,20,22);1H. The van der Waals surface area contributed by atoms with Gasteiger partial charge in [0.25, 0.3) is 0 Å². The minimum Gasteiger partial charge on any atom is -0.349 e. The van der Waals surface area contributed by atoms with Crippen molar-refractivity contribution < 1.29 is 14.0 Å². The lowest BCUT2D eigenvalue weighted by molar-refractivity contribution is -0.127. The number of halogens is 2. The van der Waals surface area contributed by atoms with Gasteiger partial charge in [0.05, 0.1) is 11.5 Å². The summed E-state index contributed by atoms with van der Waals surface area (Å²) in [5.74, 6) is -1.15. The van der Waals surface area contributed by atoms with Crippen molar-refractivity contribution in [2.24, 2.45) is 11.7 Å². The van der Waals surface area contributed by atoms with Gasteiger partial charge in [-0.1, -0.05) is 6.07 Å². The first-order valence-corrected chi connectivity index (χ1v) is 7.54. The molecule has 0 radical (unpaired) electrons. The van der Waals surface area contributed by atoms with Gasteiger partial charge in [-0.05, 0) is 43.4 Å². The SMILES string of the molecule is CC(CN)(NC(=O)C1CC(=O)Nc2cc(F)ccc21)C1CC1.Cl. The molecule has 2 aliphatic rings. The van der Waals surface area contributed by atoms with Crippen LogP contribution in [0.5, 0.6) is 0 Å². The average molecular weight is 342 g/mol. The van der Waals surface area contributed by atoms with E-state index >= 15 is 0 Å². The van der Waals surface area contributed by atoms with Crippen LogP contribution in [0.1, 0.15) is 37.7 Å². The Kier molecular flexibility index (Phi) is 4.96. The first-order valence-electron chi connectivity index (χ1n) is 7.54. The van der Waals surface area contributed by atoms with E-state index in [9.17, 15) is 14.0 Å². The van der Waals surface area contributed by atoms with Crippen LogP contribution in [0, 0.1) is 11.7 Å². The highest BCUT2D eigenvalue weighted by molar-refractivity contribution is 6.01. The van der Waals surface area contributed by atoms with Crippen LogP contribution in [0.4, 0.5) is 10.1 Å². The van der Waals surface area contributed by atoms with Gasteiger partial charge in [0.15, 0.2) is 0 Å². The van der Waals surface area contributed by atoms with Crippen LogP contribution < -0.4 is 16.4 Å². The average Bonchev–Trinajstić information content (AvgIpc) is 3.30. The number of carbonyl (C=O) groups excluding carboxylic acids is 2. The van der Waals surface area contributed by atoms with Crippen molar-refractivity contribution in [2.45, 2.75) is 37.6 Å². The summed E-state index contributed by atoms with van der Waals surface area (Å²) in [6, 6.07) is 4.11. The predicted molar refractivity (Wildman–Crippen MR) is 88.0 cm³/mol. The second kappa shape index (κ2) is 6.45. The molecular weight excluding hydrogens is 321 g/mol. The highest BCUT2D eigenvalue weighted by atomic mass is 35.5. The van der Waals surface area contributed by atoms with E-state index in [1.54, 1.807) is 6.07 Å². The molecule has 1 aliphatic heterocycles. The lowest BCUT2D eigenvalue weighted by Crippen LogP contribution is -2.54. The summed E-state index contributed by atoms with van der Waals surface area (Å²) in [4.78, 5) is 24.5. The summed E-state index contributed by atoms with van der Waals surface area (Å²) >= 11 is 0. The smallest absolute Gasteiger partial charge is 0.228 e. The number of fused-ring (bicyclic) bond motifs is 1. The third-order valence-corrected chi connectivity index (χ3v) is 4.68. The second-order valence-electron chi connectivity index (χ2n) is 6.42. The van der Waals surface area contributed by atoms with E-state index < -0.39 is 17.3 Å². The van der Waals surface area contributed by atoms with Crippen LogP contribution >= 0.6 is 12.4 Å². The number of nitrogens with one attached hydrogen (secondary N) is 2. The van der Waals surface area contributed by atoms with Crippen molar-refractivity contribution >= 4 is 29.9 Å². The molecule has 0 spiro atoms. The predicted octanol–water partition coefficient (Wildman–Crippen LogP) is 1.92. The van der Waals surface area contributed by atoms with Gasteiger partial charge in [0.2, 0.25) is 11.8 Å². The Morgan fingerprint density at radius 1 is 1.48 bits per heavy atom. The lowest BCUT2D eigenvalue weighted by atomic mass is 9.87. The zero-order chi connectivity index (χ0) is 15.9. The van der Waals surface area contributed by atoms with Crippen LogP contribution in [0.3, 0.4) is 0 Å². The van der Waals surface area contributed by atoms with E-state index in [0.29, 0.717) is 23.7 Å². The molecule has 4 N–H and O–H groups in total. The molecule has 1 saturated carbocycles. The highest BCUT2D eigenvalue weighted by Gasteiger charge is 2.43. The van der Waals surface area contributed by atoms with Crippen molar-refractivity contribution in [3.8, 4) is 0 Å². The number of carbonyl (C=O) groups is 2. The number of hydrogen-bond donors (Lipinski definition) is 3. The first-order chi connectivity index (χ1) is 10.4. The third-order valence-electron chi connectivity index (χ3n) is 4.68. The molecule has 2 unspecified atom stereocenters. The van der Waals surface area contributed by atoms with Crippen LogP contribution in [-0.4, -0.2) is 23.9 Å². The lowest BCUT2D eigenvalue weighted by Gasteiger charge is -2.33. The summed E-state index contributed by atoms with van der Waals surface area (Å²) in [6.07, 6.45) is 2.18. The molecule has 0 bridgehead atoms. The van der Waals surface area contributed by atoms with Gasteiger partial charge in [-0.25, -0.2) is 4.39 Å². The Labute approximate surface area is 140 Å². The summed E-state index contributed by atoms with van der Waals surface area (Å²) in [5, 5.41) is 5.63. The Hall–Kier alpha value is -1.66. The van der Waals surface area contributed by atoms with E-state index in [1.807, 2.05) is 6.92 Å². The highest BCUT2D eigenvalue weighted by Crippen LogP contribution is 2.40. The van der Waals surface area contributed by atoms with Crippen LogP contribution in [0.25, 0.3) is 0 Å². The number of amides is 2. The molecule has 1 aromatic rings. The van der Waals surface area contributed by atoms with Gasteiger partial charge in [-0.2, -0.15) is 0 Å². The molecule has 1 fully saturated rings. The van der Waals surface area contributed by atoms with Crippen LogP contribution in [-0.2, 0) is 9.59 Å². The Bertz CT molecular complexity index is 636. The summed E-state index contributed by atoms with van der Waals surface area (Å²) in [7, 11) is 0. The summed E-state index contributed by atoms with van der Waals surface area (Å²) in [6.45, 7) is 2.30. The molecule has 2 atom stereocenters. The maximum atomic E-state index is 13.3. The van der Waals surface area contributed by atoms with Crippen molar-refractivity contribution in [1.82, 2.24) is 5.32 Å². The minimum absolute atomic E-state index is 0. The van der Waals surface area contributed by atoms with Crippen molar-refractivity contribution in [3.63, 3.8) is 0 Å². The van der Waals surface area contributed by atoms with Gasteiger partial charge >= 0.3 is 0 Å². The Morgan fingerprint density at radius 3 is 2.78 bits per heavy atom. The second-order valence-corrected chi connectivity index (χ2v) is 6.42. The number of nitrogens with two attached hydrogens (primary N) is 1. The molecule has 1 aliphatic carbocycles. The molecule has 3 rings (SSSR count). The molecule has 0 aromatic heterocycles. The molecular formula is C16H21ClFN3O2. The van der Waals surface area contributed by atoms with Crippen LogP contribution in [0.2, 0.25) is 0 Å². The fraction of sp³-hybridized carbons (Fsp3) is 0.500. The van der Waals surface area contributed by atoms with E-state index in [1.165, 1.54) is 12.1 Å². The molecule has 1 aromatic carbocycles. The van der Waals surface area contributed by atoms with Crippen molar-refractivity contribution in [2.75, 3.05) is 11.9 Å². The third kappa shape index (κ3) is 3.48. The van der Waals surface area contributed by atoms with E-state index in [-0.39, 0.29) is 30.6 Å². The number of anilines is 1. The van der Waals surface area contributed by atoms with Gasteiger partial charge in [0, 0.05) is 18.7 Å². The Morgan fingerprint density at radius 2 is 2.17 bits per heavy atom. The Balaban J connectivity index is 0.00000192. The fourth-order valence-corrected chi connectivity index (χ4v) is 3.08. The molecule has 126 valence electrons. The summed E-state index contributed by atoms with van der Waals surface area (Å²) in [5.41, 5.74) is 6.40. The quantitative estimate of drug-likeness (QED) is 0.782. The van der Waals surface area contributed by atoms with E-state index in [0.717, 1.165) is 12.8 Å².